The van der Waals surface area contributed by atoms with Gasteiger partial charge in [-0.05, 0) is 19.4 Å². The zero-order valence-electron chi connectivity index (χ0n) is 11.1. The molecule has 2 rings (SSSR count). The molecule has 0 aliphatic carbocycles. The predicted molar refractivity (Wildman–Crippen MR) is 74.4 cm³/mol. The molecule has 0 spiro atoms. The van der Waals surface area contributed by atoms with Gasteiger partial charge in [0.2, 0.25) is 5.13 Å². The highest BCUT2D eigenvalue weighted by molar-refractivity contribution is 7.15. The number of nitrogens with one attached hydrogen (secondary N) is 1. The molecule has 0 bridgehead atoms. The molecule has 7 heteroatoms. The van der Waals surface area contributed by atoms with Gasteiger partial charge in [0.15, 0.2) is 0 Å². The van der Waals surface area contributed by atoms with Crippen LogP contribution in [0.5, 0.6) is 5.75 Å². The number of hydrogen-bond acceptors (Lipinski definition) is 5. The molecule has 0 amide bonds. The molecule has 1 aromatic carbocycles. The molecule has 20 heavy (non-hydrogen) atoms. The van der Waals surface area contributed by atoms with Crippen molar-refractivity contribution in [3.8, 4) is 5.75 Å². The first-order valence-corrected chi connectivity index (χ1v) is 7.04. The summed E-state index contributed by atoms with van der Waals surface area (Å²) in [6.07, 6.45) is 0.818. The number of aryl methyl sites for hydroxylation is 1. The number of rotatable bonds is 6. The van der Waals surface area contributed by atoms with Gasteiger partial charge >= 0.3 is 6.61 Å². The SMILES string of the molecule is CCc1nnc(NC(C)c2ccccc2OC(F)F)s1. The Morgan fingerprint density at radius 2 is 2.05 bits per heavy atom. The molecule has 0 fully saturated rings. The fourth-order valence-electron chi connectivity index (χ4n) is 1.76. The fraction of sp³-hybridized carbons (Fsp3) is 0.385. The highest BCUT2D eigenvalue weighted by Crippen LogP contribution is 2.29. The molecule has 0 saturated carbocycles. The molecular formula is C13H15F2N3OS. The van der Waals surface area contributed by atoms with Crippen LogP contribution in [0.3, 0.4) is 0 Å². The van der Waals surface area contributed by atoms with Crippen molar-refractivity contribution in [2.24, 2.45) is 0 Å². The number of hydrogen-bond donors (Lipinski definition) is 1. The van der Waals surface area contributed by atoms with Crippen molar-refractivity contribution in [1.29, 1.82) is 0 Å². The number of ether oxygens (including phenoxy) is 1. The summed E-state index contributed by atoms with van der Waals surface area (Å²) in [7, 11) is 0. The van der Waals surface area contributed by atoms with Crippen LogP contribution >= 0.6 is 11.3 Å². The third-order valence-corrected chi connectivity index (χ3v) is 3.71. The monoisotopic (exact) mass is 299 g/mol. The fourth-order valence-corrected chi connectivity index (χ4v) is 2.53. The number of aromatic nitrogens is 2. The van der Waals surface area contributed by atoms with E-state index in [0.29, 0.717) is 10.7 Å². The highest BCUT2D eigenvalue weighted by Gasteiger charge is 2.15. The van der Waals surface area contributed by atoms with Gasteiger partial charge in [-0.2, -0.15) is 8.78 Å². The van der Waals surface area contributed by atoms with Gasteiger partial charge in [-0.15, -0.1) is 10.2 Å². The maximum atomic E-state index is 12.4. The van der Waals surface area contributed by atoms with Crippen molar-refractivity contribution in [1.82, 2.24) is 10.2 Å². The van der Waals surface area contributed by atoms with Crippen molar-refractivity contribution in [2.45, 2.75) is 32.9 Å². The van der Waals surface area contributed by atoms with Gasteiger partial charge in [0.1, 0.15) is 10.8 Å². The average Bonchev–Trinajstić information content (AvgIpc) is 2.86. The molecule has 1 aromatic heterocycles. The van der Waals surface area contributed by atoms with Crippen molar-refractivity contribution < 1.29 is 13.5 Å². The lowest BCUT2D eigenvalue weighted by Crippen LogP contribution is -2.10. The first kappa shape index (κ1) is 14.6. The van der Waals surface area contributed by atoms with Gasteiger partial charge in [-0.1, -0.05) is 36.5 Å². The Hall–Kier alpha value is -1.76. The van der Waals surface area contributed by atoms with Crippen LogP contribution < -0.4 is 10.1 Å². The summed E-state index contributed by atoms with van der Waals surface area (Å²) in [5.74, 6) is 0.169. The van der Waals surface area contributed by atoms with Gasteiger partial charge in [0, 0.05) is 5.56 Å². The van der Waals surface area contributed by atoms with Crippen LogP contribution in [0.2, 0.25) is 0 Å². The lowest BCUT2D eigenvalue weighted by Gasteiger charge is -2.17. The van der Waals surface area contributed by atoms with E-state index in [1.165, 1.54) is 17.4 Å². The summed E-state index contributed by atoms with van der Waals surface area (Å²) >= 11 is 1.45. The van der Waals surface area contributed by atoms with Crippen LogP contribution in [0.4, 0.5) is 13.9 Å². The number of nitrogens with zero attached hydrogens (tertiary/aromatic N) is 2. The minimum Gasteiger partial charge on any atom is -0.434 e. The molecule has 108 valence electrons. The van der Waals surface area contributed by atoms with E-state index in [-0.39, 0.29) is 11.8 Å². The molecule has 0 radical (unpaired) electrons. The van der Waals surface area contributed by atoms with Crippen LogP contribution in [0.1, 0.15) is 30.5 Å². The maximum Gasteiger partial charge on any atom is 0.387 e. The summed E-state index contributed by atoms with van der Waals surface area (Å²) in [5, 5.41) is 12.8. The van der Waals surface area contributed by atoms with Crippen LogP contribution in [0.25, 0.3) is 0 Å². The Bertz CT molecular complexity index is 562. The van der Waals surface area contributed by atoms with E-state index in [1.54, 1.807) is 18.2 Å². The number of anilines is 1. The Morgan fingerprint density at radius 3 is 2.70 bits per heavy atom. The zero-order chi connectivity index (χ0) is 14.5. The third-order valence-electron chi connectivity index (χ3n) is 2.71. The topological polar surface area (TPSA) is 47.0 Å². The number of alkyl halides is 2. The summed E-state index contributed by atoms with van der Waals surface area (Å²) in [6.45, 7) is 1.02. The van der Waals surface area contributed by atoms with E-state index in [4.69, 9.17) is 0 Å². The van der Waals surface area contributed by atoms with Gasteiger partial charge in [0.05, 0.1) is 6.04 Å². The highest BCUT2D eigenvalue weighted by atomic mass is 32.1. The molecular weight excluding hydrogens is 284 g/mol. The zero-order valence-corrected chi connectivity index (χ0v) is 12.0. The molecule has 1 heterocycles. The Balaban J connectivity index is 2.14. The van der Waals surface area contributed by atoms with Crippen LogP contribution in [0.15, 0.2) is 24.3 Å². The van der Waals surface area contributed by atoms with Crippen molar-refractivity contribution in [3.05, 3.63) is 34.8 Å². The molecule has 4 nitrogen and oxygen atoms in total. The van der Waals surface area contributed by atoms with Crippen LogP contribution in [-0.2, 0) is 6.42 Å². The lowest BCUT2D eigenvalue weighted by molar-refractivity contribution is -0.0505. The standard InChI is InChI=1S/C13H15F2N3OS/c1-3-11-17-18-13(20-11)16-8(2)9-6-4-5-7-10(9)19-12(14)15/h4-8,12H,3H2,1-2H3,(H,16,18). The second-order valence-corrected chi connectivity index (χ2v) is 5.20. The quantitative estimate of drug-likeness (QED) is 0.879. The summed E-state index contributed by atoms with van der Waals surface area (Å²) in [5.41, 5.74) is 0.654. The first-order chi connectivity index (χ1) is 9.60. The first-order valence-electron chi connectivity index (χ1n) is 6.22. The Morgan fingerprint density at radius 1 is 1.30 bits per heavy atom. The third kappa shape index (κ3) is 3.63. The normalized spacial score (nSPS) is 12.4. The van der Waals surface area contributed by atoms with Gasteiger partial charge in [-0.3, -0.25) is 0 Å². The van der Waals surface area contributed by atoms with E-state index in [0.717, 1.165) is 11.4 Å². The van der Waals surface area contributed by atoms with E-state index >= 15 is 0 Å². The second-order valence-electron chi connectivity index (χ2n) is 4.14. The second kappa shape index (κ2) is 6.60. The number of para-hydroxylation sites is 1. The summed E-state index contributed by atoms with van der Waals surface area (Å²) in [4.78, 5) is 0. The number of benzene rings is 1. The molecule has 1 unspecified atom stereocenters. The van der Waals surface area contributed by atoms with Crippen molar-refractivity contribution >= 4 is 16.5 Å². The molecule has 0 aliphatic rings. The van der Waals surface area contributed by atoms with Gasteiger partial charge in [0.25, 0.3) is 0 Å². The molecule has 1 atom stereocenters. The number of halogens is 2. The van der Waals surface area contributed by atoms with Gasteiger partial charge < -0.3 is 10.1 Å². The Kier molecular flexibility index (Phi) is 4.84. The summed E-state index contributed by atoms with van der Waals surface area (Å²) in [6, 6.07) is 6.51. The minimum atomic E-state index is -2.84. The Labute approximate surface area is 119 Å². The molecule has 1 N–H and O–H groups in total. The van der Waals surface area contributed by atoms with E-state index < -0.39 is 6.61 Å². The minimum absolute atomic E-state index is 0.169. The molecule has 0 saturated heterocycles. The van der Waals surface area contributed by atoms with E-state index in [2.05, 4.69) is 20.3 Å². The molecule has 2 aromatic rings. The lowest BCUT2D eigenvalue weighted by atomic mass is 10.1. The van der Waals surface area contributed by atoms with E-state index in [9.17, 15) is 8.78 Å². The predicted octanol–water partition coefficient (Wildman–Crippen LogP) is 3.88. The van der Waals surface area contributed by atoms with Crippen LogP contribution in [-0.4, -0.2) is 16.8 Å². The van der Waals surface area contributed by atoms with Gasteiger partial charge in [-0.25, -0.2) is 0 Å². The van der Waals surface area contributed by atoms with Crippen molar-refractivity contribution in [3.63, 3.8) is 0 Å². The summed E-state index contributed by atoms with van der Waals surface area (Å²) < 4.78 is 29.3. The molecule has 0 aliphatic heterocycles. The maximum absolute atomic E-state index is 12.4. The van der Waals surface area contributed by atoms with E-state index in [1.807, 2.05) is 13.8 Å². The smallest absolute Gasteiger partial charge is 0.387 e. The van der Waals surface area contributed by atoms with Crippen LogP contribution in [0, 0.1) is 0 Å². The average molecular weight is 299 g/mol. The largest absolute Gasteiger partial charge is 0.434 e. The van der Waals surface area contributed by atoms with Crippen molar-refractivity contribution in [2.75, 3.05) is 5.32 Å².